The third-order valence-corrected chi connectivity index (χ3v) is 4.34. The van der Waals surface area contributed by atoms with E-state index in [9.17, 15) is 18.0 Å². The van der Waals surface area contributed by atoms with Crippen molar-refractivity contribution in [2.24, 2.45) is 0 Å². The van der Waals surface area contributed by atoms with Crippen LogP contribution in [0, 0.1) is 0 Å². The number of carboxylic acid groups (broad SMARTS) is 1. The van der Waals surface area contributed by atoms with Gasteiger partial charge in [0.15, 0.2) is 0 Å². The van der Waals surface area contributed by atoms with Gasteiger partial charge in [-0.15, -0.1) is 16.9 Å². The van der Waals surface area contributed by atoms with E-state index < -0.39 is 17.7 Å². The summed E-state index contributed by atoms with van der Waals surface area (Å²) in [6.45, 7) is 0. The Morgan fingerprint density at radius 2 is 2.14 bits per heavy atom. The highest BCUT2D eigenvalue weighted by Gasteiger charge is 2.30. The van der Waals surface area contributed by atoms with E-state index in [1.54, 1.807) is 6.07 Å². The molecule has 0 aliphatic carbocycles. The maximum atomic E-state index is 12.7. The zero-order chi connectivity index (χ0) is 15.5. The number of halogens is 3. The van der Waals surface area contributed by atoms with Gasteiger partial charge >= 0.3 is 12.1 Å². The number of hydrogen-bond acceptors (Lipinski definition) is 5. The minimum Gasteiger partial charge on any atom is -0.481 e. The Hall–Kier alpha value is -1.61. The Bertz CT molecular complexity index is 643. The normalized spacial score (nSPS) is 11.6. The van der Waals surface area contributed by atoms with Crippen LogP contribution in [0.1, 0.15) is 12.0 Å². The summed E-state index contributed by atoms with van der Waals surface area (Å²) < 4.78 is 41.8. The van der Waals surface area contributed by atoms with Crippen LogP contribution in [-0.2, 0) is 11.0 Å². The second kappa shape index (κ2) is 6.44. The summed E-state index contributed by atoms with van der Waals surface area (Å²) in [6.07, 6.45) is -4.46. The smallest absolute Gasteiger partial charge is 0.416 e. The van der Waals surface area contributed by atoms with Gasteiger partial charge in [-0.25, -0.2) is 0 Å². The average molecular weight is 334 g/mol. The van der Waals surface area contributed by atoms with Crippen LogP contribution in [0.25, 0.3) is 10.4 Å². The Kier molecular flexibility index (Phi) is 4.84. The van der Waals surface area contributed by atoms with Gasteiger partial charge in [0.05, 0.1) is 16.9 Å². The molecule has 2 aromatic rings. The monoisotopic (exact) mass is 334 g/mol. The number of aromatic nitrogens is 2. The molecule has 21 heavy (non-hydrogen) atoms. The molecule has 0 atom stereocenters. The van der Waals surface area contributed by atoms with E-state index in [-0.39, 0.29) is 12.2 Å². The lowest BCUT2D eigenvalue weighted by Crippen LogP contribution is -2.04. The third kappa shape index (κ3) is 4.18. The molecule has 0 saturated carbocycles. The van der Waals surface area contributed by atoms with Gasteiger partial charge in [-0.2, -0.15) is 13.2 Å². The number of hydrogen-bond donors (Lipinski definition) is 1. The molecule has 4 nitrogen and oxygen atoms in total. The number of alkyl halides is 3. The molecule has 0 aliphatic heterocycles. The molecule has 9 heteroatoms. The highest BCUT2D eigenvalue weighted by atomic mass is 32.2. The van der Waals surface area contributed by atoms with Crippen LogP contribution in [0.2, 0.25) is 0 Å². The van der Waals surface area contributed by atoms with Gasteiger partial charge in [0.2, 0.25) is 0 Å². The van der Waals surface area contributed by atoms with Crippen molar-refractivity contribution in [3.8, 4) is 10.4 Å². The lowest BCUT2D eigenvalue weighted by atomic mass is 10.1. The summed E-state index contributed by atoms with van der Waals surface area (Å²) in [4.78, 5) is 11.0. The van der Waals surface area contributed by atoms with Crippen molar-refractivity contribution in [1.82, 2.24) is 9.59 Å². The third-order valence-electron chi connectivity index (χ3n) is 2.46. The molecule has 0 aliphatic rings. The van der Waals surface area contributed by atoms with E-state index in [1.165, 1.54) is 6.07 Å². The molecule has 0 unspecified atom stereocenters. The molecule has 1 aromatic carbocycles. The van der Waals surface area contributed by atoms with Crippen LogP contribution in [-0.4, -0.2) is 26.4 Å². The van der Waals surface area contributed by atoms with Crippen molar-refractivity contribution in [2.45, 2.75) is 17.6 Å². The fourth-order valence-electron chi connectivity index (χ4n) is 1.53. The topological polar surface area (TPSA) is 63.1 Å². The summed E-state index contributed by atoms with van der Waals surface area (Å²) in [5.41, 5.74) is -0.368. The summed E-state index contributed by atoms with van der Waals surface area (Å²) >= 11 is 2.15. The van der Waals surface area contributed by atoms with E-state index in [2.05, 4.69) is 9.59 Å². The minimum absolute atomic E-state index is 0.0514. The van der Waals surface area contributed by atoms with E-state index >= 15 is 0 Å². The molecular formula is C12H9F3N2O2S2. The van der Waals surface area contributed by atoms with Crippen molar-refractivity contribution in [3.05, 3.63) is 29.8 Å². The van der Waals surface area contributed by atoms with Crippen LogP contribution in [0.4, 0.5) is 13.2 Å². The minimum atomic E-state index is -4.41. The second-order valence-electron chi connectivity index (χ2n) is 3.98. The van der Waals surface area contributed by atoms with Crippen molar-refractivity contribution < 1.29 is 23.1 Å². The van der Waals surface area contributed by atoms with Crippen molar-refractivity contribution in [1.29, 1.82) is 0 Å². The first kappa shape index (κ1) is 15.8. The van der Waals surface area contributed by atoms with Gasteiger partial charge in [-0.3, -0.25) is 4.79 Å². The molecule has 0 fully saturated rings. The molecule has 0 radical (unpaired) electrons. The van der Waals surface area contributed by atoms with Crippen LogP contribution >= 0.6 is 23.3 Å². The Balaban J connectivity index is 2.23. The number of nitrogens with zero attached hydrogens (tertiary/aromatic N) is 2. The fourth-order valence-corrected chi connectivity index (χ4v) is 3.24. The maximum Gasteiger partial charge on any atom is 0.416 e. The summed E-state index contributed by atoms with van der Waals surface area (Å²) in [5.74, 6) is -0.654. The molecule has 1 aromatic heterocycles. The van der Waals surface area contributed by atoms with E-state index in [0.29, 0.717) is 15.5 Å². The lowest BCUT2D eigenvalue weighted by molar-refractivity contribution is -0.138. The first-order valence-electron chi connectivity index (χ1n) is 5.72. The van der Waals surface area contributed by atoms with Gasteiger partial charge in [0, 0.05) is 5.75 Å². The van der Waals surface area contributed by atoms with Crippen LogP contribution in [0.5, 0.6) is 0 Å². The number of carboxylic acids is 1. The second-order valence-corrected chi connectivity index (χ2v) is 5.82. The average Bonchev–Trinajstić information content (AvgIpc) is 2.86. The van der Waals surface area contributed by atoms with E-state index in [0.717, 1.165) is 35.4 Å². The fraction of sp³-hybridized carbons (Fsp3) is 0.250. The van der Waals surface area contributed by atoms with E-state index in [4.69, 9.17) is 5.11 Å². The van der Waals surface area contributed by atoms with E-state index in [1.807, 2.05) is 0 Å². The lowest BCUT2D eigenvalue weighted by Gasteiger charge is -2.08. The molecule has 0 bridgehead atoms. The van der Waals surface area contributed by atoms with Crippen LogP contribution in [0.3, 0.4) is 0 Å². The SMILES string of the molecule is O=C(O)CCSc1nnsc1-c1cccc(C(F)(F)F)c1. The number of aliphatic carboxylic acids is 1. The van der Waals surface area contributed by atoms with Gasteiger partial charge < -0.3 is 5.11 Å². The zero-order valence-corrected chi connectivity index (χ0v) is 12.1. The van der Waals surface area contributed by atoms with Crippen molar-refractivity contribution in [2.75, 3.05) is 5.75 Å². The Morgan fingerprint density at radius 3 is 2.81 bits per heavy atom. The van der Waals surface area contributed by atoms with Gasteiger partial charge in [0.1, 0.15) is 5.03 Å². The Labute approximate surface area is 126 Å². The largest absolute Gasteiger partial charge is 0.481 e. The van der Waals surface area contributed by atoms with Crippen molar-refractivity contribution >= 4 is 29.3 Å². The predicted molar refractivity (Wildman–Crippen MR) is 73.3 cm³/mol. The molecule has 1 heterocycles. The van der Waals surface area contributed by atoms with Crippen molar-refractivity contribution in [3.63, 3.8) is 0 Å². The number of benzene rings is 1. The highest BCUT2D eigenvalue weighted by Crippen LogP contribution is 2.36. The van der Waals surface area contributed by atoms with Crippen LogP contribution in [0.15, 0.2) is 29.3 Å². The molecular weight excluding hydrogens is 325 g/mol. The summed E-state index contributed by atoms with van der Waals surface area (Å²) in [5, 5.41) is 12.9. The molecule has 0 saturated heterocycles. The quantitative estimate of drug-likeness (QED) is 0.843. The van der Waals surface area contributed by atoms with Gasteiger partial charge in [-0.1, -0.05) is 16.6 Å². The number of thioether (sulfide) groups is 1. The van der Waals surface area contributed by atoms with Gasteiger partial charge in [0.25, 0.3) is 0 Å². The maximum absolute atomic E-state index is 12.7. The predicted octanol–water partition coefficient (Wildman–Crippen LogP) is 3.79. The number of carbonyl (C=O) groups is 1. The summed E-state index contributed by atoms with van der Waals surface area (Å²) in [6, 6.07) is 4.90. The zero-order valence-electron chi connectivity index (χ0n) is 10.4. The molecule has 0 amide bonds. The highest BCUT2D eigenvalue weighted by molar-refractivity contribution is 7.99. The Morgan fingerprint density at radius 1 is 1.38 bits per heavy atom. The van der Waals surface area contributed by atoms with Crippen LogP contribution < -0.4 is 0 Å². The molecule has 112 valence electrons. The first-order chi connectivity index (χ1) is 9.88. The van der Waals surface area contributed by atoms with Gasteiger partial charge in [-0.05, 0) is 29.2 Å². The summed E-state index contributed by atoms with van der Waals surface area (Å²) in [7, 11) is 0. The number of rotatable bonds is 5. The molecule has 2 rings (SSSR count). The molecule has 0 spiro atoms. The first-order valence-corrected chi connectivity index (χ1v) is 7.48. The standard InChI is InChI=1S/C12H9F3N2O2S2/c13-12(14,15)8-3-1-2-7(6-8)10-11(16-17-21-10)20-5-4-9(18)19/h1-3,6H,4-5H2,(H,18,19). The molecule has 1 N–H and O–H groups in total.